The minimum absolute atomic E-state index is 0.0670. The molecule has 1 atom stereocenters. The van der Waals surface area contributed by atoms with Crippen molar-refractivity contribution >= 4 is 5.97 Å². The first kappa shape index (κ1) is 33.1. The summed E-state index contributed by atoms with van der Waals surface area (Å²) in [4.78, 5) is 8.89. The molecule has 0 spiro atoms. The summed E-state index contributed by atoms with van der Waals surface area (Å²) in [5, 5.41) is 50.0. The lowest BCUT2D eigenvalue weighted by Gasteiger charge is -2.50. The topological polar surface area (TPSA) is 147 Å². The standard InChI is InChI=1S/C13H27NO4.C9H19NO2.C2H4O2/c1-12(2)6-11(7-13(3,4)14(12)16)18-9-10(15)8-17-5;1-8(2)5-7(11)6-9(3,4)10(8)12;1-2(3)4/h10-11,15-16H,6-9H2,1-5H3;7,11-12H,5-6H2,1-4H3;1H3,(H,3,4). The van der Waals surface area contributed by atoms with Crippen LogP contribution in [-0.2, 0) is 14.3 Å². The van der Waals surface area contributed by atoms with E-state index < -0.39 is 12.1 Å². The molecule has 0 aromatic heterocycles. The molecular formula is C24H50N2O8. The number of carboxylic acids is 1. The van der Waals surface area contributed by atoms with Crippen LogP contribution in [0.4, 0.5) is 0 Å². The first-order valence-corrected chi connectivity index (χ1v) is 11.9. The van der Waals surface area contributed by atoms with Crippen molar-refractivity contribution in [3.63, 3.8) is 0 Å². The monoisotopic (exact) mass is 494 g/mol. The minimum atomic E-state index is -1.08. The Morgan fingerprint density at radius 3 is 1.74 bits per heavy atom. The van der Waals surface area contributed by atoms with Crippen LogP contribution in [0.3, 0.4) is 0 Å². The molecule has 0 aliphatic carbocycles. The van der Waals surface area contributed by atoms with Crippen LogP contribution >= 0.6 is 0 Å². The third-order valence-electron chi connectivity index (χ3n) is 6.26. The molecule has 10 heteroatoms. The number of aliphatic hydroxyl groups is 2. The highest BCUT2D eigenvalue weighted by Crippen LogP contribution is 2.36. The van der Waals surface area contributed by atoms with Gasteiger partial charge in [-0.3, -0.25) is 0 Å². The van der Waals surface area contributed by atoms with Gasteiger partial charge >= 0.3 is 0 Å². The van der Waals surface area contributed by atoms with Crippen LogP contribution in [0.2, 0.25) is 0 Å². The van der Waals surface area contributed by atoms with E-state index in [4.69, 9.17) is 19.4 Å². The lowest BCUT2D eigenvalue weighted by Crippen LogP contribution is -3.25. The van der Waals surface area contributed by atoms with Gasteiger partial charge in [-0.1, -0.05) is 0 Å². The van der Waals surface area contributed by atoms with Crippen molar-refractivity contribution in [2.75, 3.05) is 20.3 Å². The summed E-state index contributed by atoms with van der Waals surface area (Å²) in [7, 11) is 1.56. The lowest BCUT2D eigenvalue weighted by molar-refractivity contribution is -1.16. The molecule has 2 aliphatic heterocycles. The molecule has 2 rings (SSSR count). The largest absolute Gasteiger partial charge is 0.550 e. The predicted octanol–water partition coefficient (Wildman–Crippen LogP) is 0.150. The van der Waals surface area contributed by atoms with E-state index in [1.54, 1.807) is 7.11 Å². The Labute approximate surface area is 205 Å². The number of ether oxygens (including phenoxy) is 2. The molecule has 0 radical (unpaired) electrons. The average Bonchev–Trinajstić information content (AvgIpc) is 2.62. The van der Waals surface area contributed by atoms with Crippen LogP contribution in [0.5, 0.6) is 0 Å². The van der Waals surface area contributed by atoms with E-state index in [0.29, 0.717) is 17.9 Å². The molecule has 2 heterocycles. The zero-order chi connectivity index (χ0) is 27.1. The summed E-state index contributed by atoms with van der Waals surface area (Å²) < 4.78 is 10.6. The number of aliphatic hydroxyl groups excluding tert-OH is 2. The summed E-state index contributed by atoms with van der Waals surface area (Å²) >= 11 is 0. The third kappa shape index (κ3) is 10.8. The molecule has 0 bridgehead atoms. The second kappa shape index (κ2) is 12.9. The highest BCUT2D eigenvalue weighted by molar-refractivity contribution is 5.60. The Morgan fingerprint density at radius 1 is 1.00 bits per heavy atom. The number of carboxylic acid groups (broad SMARTS) is 1. The molecule has 0 aromatic rings. The molecule has 0 amide bonds. The number of carbonyl (C=O) groups excluding carboxylic acids is 1. The van der Waals surface area contributed by atoms with Gasteiger partial charge in [0.05, 0.1) is 25.4 Å². The quantitative estimate of drug-likeness (QED) is 0.360. The third-order valence-corrected chi connectivity index (χ3v) is 6.26. The van der Waals surface area contributed by atoms with Crippen molar-refractivity contribution in [2.24, 2.45) is 0 Å². The number of quaternary nitrogens is 1. The van der Waals surface area contributed by atoms with E-state index in [1.165, 1.54) is 5.06 Å². The maximum Gasteiger partial charge on any atom is 0.124 e. The maximum absolute atomic E-state index is 10.2. The number of aliphatic carboxylic acids is 1. The van der Waals surface area contributed by atoms with E-state index >= 15 is 0 Å². The number of hydrogen-bond acceptors (Lipinski definition) is 9. The van der Waals surface area contributed by atoms with E-state index in [0.717, 1.165) is 19.8 Å². The lowest BCUT2D eigenvalue weighted by atomic mass is 9.80. The molecule has 2 saturated heterocycles. The van der Waals surface area contributed by atoms with Crippen molar-refractivity contribution < 1.29 is 45.1 Å². The zero-order valence-corrected chi connectivity index (χ0v) is 22.8. The van der Waals surface area contributed by atoms with E-state index in [-0.39, 0.29) is 47.6 Å². The second-order valence-corrected chi connectivity index (χ2v) is 12.1. The number of rotatable bonds is 5. The zero-order valence-electron chi connectivity index (χ0n) is 22.8. The Kier molecular flexibility index (Phi) is 12.6. The Morgan fingerprint density at radius 2 is 1.38 bits per heavy atom. The van der Waals surface area contributed by atoms with E-state index in [1.807, 2.05) is 55.4 Å². The average molecular weight is 495 g/mol. The highest BCUT2D eigenvalue weighted by Gasteiger charge is 2.50. The Hall–Kier alpha value is -0.850. The first-order valence-electron chi connectivity index (χ1n) is 11.9. The fraction of sp³-hybridized carbons (Fsp3) is 0.958. The molecule has 0 saturated carbocycles. The molecule has 1 unspecified atom stereocenters. The molecule has 2 aliphatic rings. The number of methoxy groups -OCH3 is 1. The van der Waals surface area contributed by atoms with Crippen molar-refractivity contribution in [3.05, 3.63) is 0 Å². The number of hydroxylamine groups is 4. The van der Waals surface area contributed by atoms with Crippen LogP contribution in [0, 0.1) is 0 Å². The van der Waals surface area contributed by atoms with Crippen LogP contribution in [-0.4, -0.2) is 92.5 Å². The van der Waals surface area contributed by atoms with Crippen LogP contribution in [0.25, 0.3) is 0 Å². The smallest absolute Gasteiger partial charge is 0.124 e. The van der Waals surface area contributed by atoms with Gasteiger partial charge in [0.1, 0.15) is 17.2 Å². The number of nitrogens with one attached hydrogen (secondary N) is 1. The molecule has 0 aromatic carbocycles. The summed E-state index contributed by atoms with van der Waals surface area (Å²) in [6.45, 7) is 17.4. The minimum Gasteiger partial charge on any atom is -0.550 e. The fourth-order valence-corrected chi connectivity index (χ4v) is 5.14. The first-order chi connectivity index (χ1) is 15.2. The van der Waals surface area contributed by atoms with E-state index in [9.17, 15) is 20.6 Å². The van der Waals surface area contributed by atoms with Gasteiger partial charge in [-0.2, -0.15) is 10.1 Å². The summed E-state index contributed by atoms with van der Waals surface area (Å²) in [5.41, 5.74) is -1.11. The van der Waals surface area contributed by atoms with Gasteiger partial charge in [0, 0.05) is 37.0 Å². The van der Waals surface area contributed by atoms with Gasteiger partial charge in [0.25, 0.3) is 0 Å². The number of nitrogens with zero attached hydrogens (tertiary/aromatic N) is 1. The maximum atomic E-state index is 10.2. The molecule has 5 N–H and O–H groups in total. The highest BCUT2D eigenvalue weighted by atomic mass is 16.5. The van der Waals surface area contributed by atoms with Gasteiger partial charge in [0.2, 0.25) is 0 Å². The number of carbonyl (C=O) groups is 1. The normalized spacial score (nSPS) is 28.5. The fourth-order valence-electron chi connectivity index (χ4n) is 5.14. The van der Waals surface area contributed by atoms with Crippen molar-refractivity contribution in [1.29, 1.82) is 0 Å². The van der Waals surface area contributed by atoms with Gasteiger partial charge in [-0.15, -0.1) is 0 Å². The molecule has 2 fully saturated rings. The molecule has 204 valence electrons. The van der Waals surface area contributed by atoms with Gasteiger partial charge < -0.3 is 34.8 Å². The Bertz CT molecular complexity index is 584. The summed E-state index contributed by atoms with van der Waals surface area (Å²) in [6.07, 6.45) is 2.01. The van der Waals surface area contributed by atoms with Crippen LogP contribution < -0.4 is 10.2 Å². The van der Waals surface area contributed by atoms with Gasteiger partial charge in [-0.05, 0) is 75.2 Å². The van der Waals surface area contributed by atoms with E-state index in [2.05, 4.69) is 0 Å². The van der Waals surface area contributed by atoms with Crippen molar-refractivity contribution in [1.82, 2.24) is 5.06 Å². The second-order valence-electron chi connectivity index (χ2n) is 12.1. The molecule has 10 nitrogen and oxygen atoms in total. The van der Waals surface area contributed by atoms with Crippen LogP contribution in [0.15, 0.2) is 0 Å². The molecular weight excluding hydrogens is 444 g/mol. The van der Waals surface area contributed by atoms with Crippen molar-refractivity contribution in [3.8, 4) is 0 Å². The van der Waals surface area contributed by atoms with Gasteiger partial charge in [0.15, 0.2) is 0 Å². The summed E-state index contributed by atoms with van der Waals surface area (Å²) in [6, 6.07) is 0. The number of hydrogen-bond donors (Lipinski definition) is 5. The summed E-state index contributed by atoms with van der Waals surface area (Å²) in [5.74, 6) is -1.08. The number of piperidine rings is 2. The Balaban J connectivity index is 0.000000584. The van der Waals surface area contributed by atoms with Crippen molar-refractivity contribution in [2.45, 2.75) is 128 Å². The predicted molar refractivity (Wildman–Crippen MR) is 125 cm³/mol. The van der Waals surface area contributed by atoms with Crippen LogP contribution in [0.1, 0.15) is 88.0 Å². The van der Waals surface area contributed by atoms with Gasteiger partial charge in [-0.25, -0.2) is 5.21 Å². The SMILES string of the molecule is CC(=O)[O-].CC1(C)CC(O)CC(C)(C)N1O.COCC(O)COC1CC(C)(C)[NH+](O)C(C)(C)C1. The molecule has 34 heavy (non-hydrogen) atoms.